The van der Waals surface area contributed by atoms with Gasteiger partial charge < -0.3 is 4.55 Å². The van der Waals surface area contributed by atoms with Crippen molar-refractivity contribution < 1.29 is 43.5 Å². The average molecular weight is 445 g/mol. The lowest BCUT2D eigenvalue weighted by molar-refractivity contribution is -0.670. The number of rotatable bonds is 2. The maximum atomic E-state index is 13.2. The zero-order valence-corrected chi connectivity index (χ0v) is 15.9. The summed E-state index contributed by atoms with van der Waals surface area (Å²) in [5, 5.41) is 0. The number of aromatic nitrogens is 2. The van der Waals surface area contributed by atoms with Gasteiger partial charge in [0.05, 0.1) is 7.05 Å². The van der Waals surface area contributed by atoms with Gasteiger partial charge in [0.15, 0.2) is 10.1 Å². The number of benzene rings is 1. The predicted octanol–water partition coefficient (Wildman–Crippen LogP) is 0.654. The monoisotopic (exact) mass is 445 g/mol. The molecule has 1 aromatic carbocycles. The van der Waals surface area contributed by atoms with Crippen molar-refractivity contribution in [2.75, 3.05) is 6.54 Å². The van der Waals surface area contributed by atoms with Crippen LogP contribution in [0.25, 0.3) is 0 Å². The smallest absolute Gasteiger partial charge is 0.485 e. The summed E-state index contributed by atoms with van der Waals surface area (Å²) in [6.45, 7) is 0.639. The summed E-state index contributed by atoms with van der Waals surface area (Å²) in [6.07, 6.45) is 5.22. The minimum atomic E-state index is -6.09. The SMILES string of the molecule is C[n+]1ccn(S(=O)(=O)N2CCc3cc(F)ccc3C2)c1.O=S(=O)([O-])C(F)(F)F. The van der Waals surface area contributed by atoms with Crippen LogP contribution in [-0.4, -0.2) is 41.7 Å². The fraction of sp³-hybridized carbons (Fsp3) is 0.357. The molecular formula is C14H15F4N3O5S2. The molecule has 1 aromatic heterocycles. The number of imidazole rings is 1. The van der Waals surface area contributed by atoms with E-state index in [4.69, 9.17) is 13.0 Å². The van der Waals surface area contributed by atoms with Crippen molar-refractivity contribution in [3.8, 4) is 0 Å². The molecule has 0 saturated carbocycles. The number of halogens is 4. The summed E-state index contributed by atoms with van der Waals surface area (Å²) in [5.41, 5.74) is -3.90. The highest BCUT2D eigenvalue weighted by molar-refractivity contribution is 7.87. The Balaban J connectivity index is 0.000000300. The van der Waals surface area contributed by atoms with E-state index in [2.05, 4.69) is 0 Å². The average Bonchev–Trinajstić information content (AvgIpc) is 3.00. The van der Waals surface area contributed by atoms with Crippen LogP contribution in [-0.2, 0) is 40.3 Å². The van der Waals surface area contributed by atoms with Crippen molar-refractivity contribution in [1.82, 2.24) is 8.28 Å². The summed E-state index contributed by atoms with van der Waals surface area (Å²) < 4.78 is 101. The van der Waals surface area contributed by atoms with Gasteiger partial charge in [-0.1, -0.05) is 6.07 Å². The predicted molar refractivity (Wildman–Crippen MR) is 86.2 cm³/mol. The topological polar surface area (TPSA) is 103 Å². The Bertz CT molecular complexity index is 1060. The number of hydrogen-bond donors (Lipinski definition) is 0. The molecule has 0 saturated heterocycles. The van der Waals surface area contributed by atoms with Gasteiger partial charge in [-0.15, -0.1) is 3.97 Å². The fourth-order valence-corrected chi connectivity index (χ4v) is 3.76. The van der Waals surface area contributed by atoms with Crippen LogP contribution in [0.4, 0.5) is 17.6 Å². The number of fused-ring (bicyclic) bond motifs is 1. The second-order valence-corrected chi connectivity index (χ2v) is 9.02. The lowest BCUT2D eigenvalue weighted by Gasteiger charge is -2.25. The highest BCUT2D eigenvalue weighted by Crippen LogP contribution is 2.22. The van der Waals surface area contributed by atoms with Gasteiger partial charge in [-0.25, -0.2) is 17.4 Å². The van der Waals surface area contributed by atoms with Crippen LogP contribution in [0.5, 0.6) is 0 Å². The highest BCUT2D eigenvalue weighted by atomic mass is 32.2. The molecule has 0 bridgehead atoms. The molecule has 0 atom stereocenters. The first-order chi connectivity index (χ1) is 12.7. The highest BCUT2D eigenvalue weighted by Gasteiger charge is 2.37. The number of alkyl halides is 3. The Morgan fingerprint density at radius 2 is 1.75 bits per heavy atom. The van der Waals surface area contributed by atoms with Crippen LogP contribution in [0.15, 0.2) is 36.9 Å². The van der Waals surface area contributed by atoms with Crippen LogP contribution in [0, 0.1) is 5.82 Å². The van der Waals surface area contributed by atoms with E-state index in [0.29, 0.717) is 13.0 Å². The van der Waals surface area contributed by atoms with Gasteiger partial charge in [0.1, 0.15) is 18.2 Å². The molecule has 3 rings (SSSR count). The standard InChI is InChI=1S/C13H15FN3O2S.CHF3O3S/c1-15-6-7-17(10-15)20(18,19)16-5-4-11-8-13(14)3-2-12(11)9-16;2-1(3,4)8(5,6)7/h2-3,6-8,10H,4-5,9H2,1H3;(H,5,6,7)/q+1;/p-1. The first-order valence-electron chi connectivity index (χ1n) is 7.55. The third kappa shape index (κ3) is 5.06. The largest absolute Gasteiger partial charge is 0.741 e. The summed E-state index contributed by atoms with van der Waals surface area (Å²) in [5.74, 6) is -0.280. The lowest BCUT2D eigenvalue weighted by atomic mass is 10.0. The Kier molecular flexibility index (Phi) is 6.18. The Hall–Kier alpha value is -2.03. The molecule has 14 heteroatoms. The summed E-state index contributed by atoms with van der Waals surface area (Å²) in [6, 6.07) is 4.50. The minimum absolute atomic E-state index is 0.278. The lowest BCUT2D eigenvalue weighted by Crippen LogP contribution is -2.39. The molecular weight excluding hydrogens is 430 g/mol. The Labute approximate surface area is 158 Å². The molecule has 1 aliphatic rings. The van der Waals surface area contributed by atoms with Gasteiger partial charge >= 0.3 is 15.7 Å². The molecule has 0 radical (unpaired) electrons. The number of hydrogen-bond acceptors (Lipinski definition) is 5. The zero-order chi connectivity index (χ0) is 21.3. The van der Waals surface area contributed by atoms with Gasteiger partial charge in [0.2, 0.25) is 0 Å². The van der Waals surface area contributed by atoms with E-state index in [1.807, 2.05) is 0 Å². The maximum absolute atomic E-state index is 13.2. The molecule has 2 aromatic rings. The number of nitrogens with zero attached hydrogens (tertiary/aromatic N) is 3. The molecule has 0 unspecified atom stereocenters. The van der Waals surface area contributed by atoms with Crippen LogP contribution >= 0.6 is 0 Å². The van der Waals surface area contributed by atoms with Gasteiger partial charge in [-0.05, 0) is 29.7 Å². The van der Waals surface area contributed by atoms with Gasteiger partial charge in [-0.2, -0.15) is 25.9 Å². The van der Waals surface area contributed by atoms with E-state index in [1.165, 1.54) is 32.9 Å². The van der Waals surface area contributed by atoms with Crippen molar-refractivity contribution in [3.05, 3.63) is 53.9 Å². The van der Waals surface area contributed by atoms with Crippen molar-refractivity contribution in [2.24, 2.45) is 7.05 Å². The summed E-state index contributed by atoms with van der Waals surface area (Å²) in [4.78, 5) is 0. The zero-order valence-electron chi connectivity index (χ0n) is 14.3. The van der Waals surface area contributed by atoms with Crippen LogP contribution in [0.3, 0.4) is 0 Å². The summed E-state index contributed by atoms with van der Waals surface area (Å²) >= 11 is 0. The molecule has 1 aliphatic heterocycles. The van der Waals surface area contributed by atoms with E-state index in [0.717, 1.165) is 11.1 Å². The Morgan fingerprint density at radius 1 is 1.14 bits per heavy atom. The first-order valence-corrected chi connectivity index (χ1v) is 10.4. The summed E-state index contributed by atoms with van der Waals surface area (Å²) in [7, 11) is -7.88. The van der Waals surface area contributed by atoms with Gasteiger partial charge in [0, 0.05) is 13.1 Å². The van der Waals surface area contributed by atoms with E-state index >= 15 is 0 Å². The molecule has 0 spiro atoms. The number of aryl methyl sites for hydroxylation is 1. The molecule has 28 heavy (non-hydrogen) atoms. The molecule has 0 fully saturated rings. The van der Waals surface area contributed by atoms with Crippen molar-refractivity contribution >= 4 is 20.3 Å². The van der Waals surface area contributed by atoms with E-state index in [-0.39, 0.29) is 12.4 Å². The third-order valence-electron chi connectivity index (χ3n) is 3.77. The van der Waals surface area contributed by atoms with Crippen molar-refractivity contribution in [1.29, 1.82) is 0 Å². The fourth-order valence-electron chi connectivity index (χ4n) is 2.39. The van der Waals surface area contributed by atoms with Gasteiger partial charge in [-0.3, -0.25) is 0 Å². The van der Waals surface area contributed by atoms with Crippen LogP contribution in [0.2, 0.25) is 0 Å². The van der Waals surface area contributed by atoms with Crippen LogP contribution in [0.1, 0.15) is 11.1 Å². The normalized spacial score (nSPS) is 15.5. The maximum Gasteiger partial charge on any atom is 0.485 e. The molecule has 8 nitrogen and oxygen atoms in total. The van der Waals surface area contributed by atoms with Crippen molar-refractivity contribution in [3.63, 3.8) is 0 Å². The molecule has 156 valence electrons. The third-order valence-corrected chi connectivity index (χ3v) is 6.05. The molecule has 0 amide bonds. The molecule has 0 aliphatic carbocycles. The Morgan fingerprint density at radius 3 is 2.25 bits per heavy atom. The molecule has 0 N–H and O–H groups in total. The van der Waals surface area contributed by atoms with Crippen molar-refractivity contribution in [2.45, 2.75) is 18.5 Å². The molecule has 2 heterocycles. The minimum Gasteiger partial charge on any atom is -0.741 e. The van der Waals surface area contributed by atoms with E-state index < -0.39 is 25.8 Å². The van der Waals surface area contributed by atoms with Crippen LogP contribution < -0.4 is 4.57 Å². The van der Waals surface area contributed by atoms with E-state index in [9.17, 15) is 26.0 Å². The van der Waals surface area contributed by atoms with E-state index in [1.54, 1.807) is 23.9 Å². The van der Waals surface area contributed by atoms with Gasteiger partial charge in [0.25, 0.3) is 6.33 Å². The second kappa shape index (κ2) is 7.77. The quantitative estimate of drug-likeness (QED) is 0.292. The first kappa shape index (κ1) is 22.3. The second-order valence-electron chi connectivity index (χ2n) is 5.81.